The molecule has 2 aromatic carbocycles. The molecule has 0 heterocycles. The average molecular weight is 268 g/mol. The number of benzene rings is 2. The van der Waals surface area contributed by atoms with Crippen LogP contribution in [0, 0.1) is 0 Å². The molecule has 0 aliphatic heterocycles. The van der Waals surface area contributed by atoms with Gasteiger partial charge in [0.05, 0.1) is 6.10 Å². The van der Waals surface area contributed by atoms with Crippen LogP contribution in [0.15, 0.2) is 54.6 Å². The van der Waals surface area contributed by atoms with Crippen molar-refractivity contribution in [2.45, 2.75) is 38.7 Å². The maximum Gasteiger partial charge on any atom is 0.0861 e. The summed E-state index contributed by atoms with van der Waals surface area (Å²) in [6.07, 6.45) is 1.03. The summed E-state index contributed by atoms with van der Waals surface area (Å²) in [5.41, 5.74) is 4.10. The van der Waals surface area contributed by atoms with E-state index in [4.69, 9.17) is 4.74 Å². The predicted molar refractivity (Wildman–Crippen MR) is 85.0 cm³/mol. The second-order valence-corrected chi connectivity index (χ2v) is 6.29. The summed E-state index contributed by atoms with van der Waals surface area (Å²) >= 11 is 0. The van der Waals surface area contributed by atoms with Gasteiger partial charge in [0, 0.05) is 13.5 Å². The number of methoxy groups -OCH3 is 1. The zero-order valence-electron chi connectivity index (χ0n) is 12.9. The van der Waals surface area contributed by atoms with Gasteiger partial charge in [0.25, 0.3) is 0 Å². The van der Waals surface area contributed by atoms with E-state index in [0.717, 1.165) is 6.42 Å². The van der Waals surface area contributed by atoms with E-state index < -0.39 is 0 Å². The van der Waals surface area contributed by atoms with E-state index in [-0.39, 0.29) is 11.5 Å². The number of hydrogen-bond acceptors (Lipinski definition) is 1. The molecule has 2 rings (SSSR count). The quantitative estimate of drug-likeness (QED) is 0.765. The maximum atomic E-state index is 5.67. The lowest BCUT2D eigenvalue weighted by atomic mass is 9.86. The highest BCUT2D eigenvalue weighted by atomic mass is 16.5. The van der Waals surface area contributed by atoms with Crippen LogP contribution in [0.1, 0.15) is 43.6 Å². The molecule has 0 saturated carbocycles. The molecule has 2 aromatic rings. The van der Waals surface area contributed by atoms with Gasteiger partial charge in [-0.1, -0.05) is 75.4 Å². The summed E-state index contributed by atoms with van der Waals surface area (Å²) in [6.45, 7) is 6.71. The van der Waals surface area contributed by atoms with E-state index in [0.29, 0.717) is 0 Å². The van der Waals surface area contributed by atoms with Gasteiger partial charge in [-0.25, -0.2) is 0 Å². The van der Waals surface area contributed by atoms with Crippen LogP contribution in [-0.4, -0.2) is 7.11 Å². The molecule has 1 heteroatoms. The van der Waals surface area contributed by atoms with Crippen molar-refractivity contribution < 1.29 is 4.74 Å². The third-order valence-electron chi connectivity index (χ3n) is 3.70. The van der Waals surface area contributed by atoms with Crippen LogP contribution in [0.2, 0.25) is 0 Å². The fourth-order valence-electron chi connectivity index (χ4n) is 2.36. The number of hydrogen-bond donors (Lipinski definition) is 0. The number of rotatable bonds is 4. The van der Waals surface area contributed by atoms with Crippen molar-refractivity contribution in [3.05, 3.63) is 71.3 Å². The standard InChI is InChI=1S/C19H24O/c1-19(2,3)17-12-10-16(11-13-17)18(20-4)14-15-8-6-5-7-9-15/h5-13,18H,14H2,1-4H3. The summed E-state index contributed by atoms with van der Waals surface area (Å²) in [5.74, 6) is 0. The Hall–Kier alpha value is -1.60. The lowest BCUT2D eigenvalue weighted by Crippen LogP contribution is -2.11. The van der Waals surface area contributed by atoms with Gasteiger partial charge in [0.1, 0.15) is 0 Å². The monoisotopic (exact) mass is 268 g/mol. The first kappa shape index (κ1) is 14.8. The highest BCUT2D eigenvalue weighted by molar-refractivity contribution is 5.30. The van der Waals surface area contributed by atoms with Gasteiger partial charge in [-0.15, -0.1) is 0 Å². The molecule has 0 aromatic heterocycles. The van der Waals surface area contributed by atoms with E-state index in [2.05, 4.69) is 69.3 Å². The third kappa shape index (κ3) is 3.71. The summed E-state index contributed by atoms with van der Waals surface area (Å²) < 4.78 is 5.67. The molecular formula is C19H24O. The van der Waals surface area contributed by atoms with Crippen molar-refractivity contribution >= 4 is 0 Å². The first-order valence-electron chi connectivity index (χ1n) is 7.18. The molecule has 0 aliphatic carbocycles. The Morgan fingerprint density at radius 1 is 0.900 bits per heavy atom. The van der Waals surface area contributed by atoms with Gasteiger partial charge in [0.15, 0.2) is 0 Å². The van der Waals surface area contributed by atoms with Crippen molar-refractivity contribution in [1.82, 2.24) is 0 Å². The largest absolute Gasteiger partial charge is 0.376 e. The molecule has 1 unspecified atom stereocenters. The molecule has 1 atom stereocenters. The van der Waals surface area contributed by atoms with E-state index in [1.54, 1.807) is 7.11 Å². The molecule has 0 amide bonds. The maximum absolute atomic E-state index is 5.67. The molecule has 0 fully saturated rings. The van der Waals surface area contributed by atoms with E-state index in [1.165, 1.54) is 16.7 Å². The van der Waals surface area contributed by atoms with E-state index >= 15 is 0 Å². The lowest BCUT2D eigenvalue weighted by molar-refractivity contribution is 0.104. The predicted octanol–water partition coefficient (Wildman–Crippen LogP) is 4.91. The molecule has 0 N–H and O–H groups in total. The molecule has 106 valence electrons. The van der Waals surface area contributed by atoms with Gasteiger partial charge < -0.3 is 4.74 Å². The first-order valence-corrected chi connectivity index (χ1v) is 7.18. The molecular weight excluding hydrogens is 244 g/mol. The van der Waals surface area contributed by atoms with Crippen molar-refractivity contribution in [1.29, 1.82) is 0 Å². The molecule has 0 aliphatic rings. The van der Waals surface area contributed by atoms with Crippen LogP contribution in [0.5, 0.6) is 0 Å². The lowest BCUT2D eigenvalue weighted by Gasteiger charge is -2.21. The third-order valence-corrected chi connectivity index (χ3v) is 3.70. The number of ether oxygens (including phenoxy) is 1. The zero-order valence-corrected chi connectivity index (χ0v) is 12.9. The topological polar surface area (TPSA) is 9.23 Å². The van der Waals surface area contributed by atoms with Gasteiger partial charge in [-0.2, -0.15) is 0 Å². The SMILES string of the molecule is COC(Cc1ccccc1)c1ccc(C(C)(C)C)cc1. The fraction of sp³-hybridized carbons (Fsp3) is 0.368. The Labute approximate surface area is 122 Å². The molecule has 0 spiro atoms. The summed E-state index contributed by atoms with van der Waals surface area (Å²) in [5, 5.41) is 0. The van der Waals surface area contributed by atoms with Crippen molar-refractivity contribution in [2.75, 3.05) is 7.11 Å². The van der Waals surface area contributed by atoms with Crippen LogP contribution < -0.4 is 0 Å². The minimum atomic E-state index is 0.117. The fourth-order valence-corrected chi connectivity index (χ4v) is 2.36. The van der Waals surface area contributed by atoms with Gasteiger partial charge in [-0.05, 0) is 22.1 Å². The van der Waals surface area contributed by atoms with Gasteiger partial charge >= 0.3 is 0 Å². The first-order chi connectivity index (χ1) is 9.50. The Morgan fingerprint density at radius 2 is 1.50 bits per heavy atom. The molecule has 0 saturated heterocycles. The Morgan fingerprint density at radius 3 is 2.00 bits per heavy atom. The molecule has 0 radical (unpaired) electrons. The Kier molecular flexibility index (Phi) is 4.61. The normalized spacial score (nSPS) is 13.2. The smallest absolute Gasteiger partial charge is 0.0861 e. The molecule has 1 nitrogen and oxygen atoms in total. The average Bonchev–Trinajstić information content (AvgIpc) is 2.45. The van der Waals surface area contributed by atoms with Crippen LogP contribution in [0.4, 0.5) is 0 Å². The van der Waals surface area contributed by atoms with Crippen LogP contribution >= 0.6 is 0 Å². The van der Waals surface area contributed by atoms with E-state index in [1.807, 2.05) is 6.07 Å². The Balaban J connectivity index is 2.16. The van der Waals surface area contributed by atoms with Gasteiger partial charge in [0.2, 0.25) is 0 Å². The zero-order chi connectivity index (χ0) is 14.6. The molecule has 0 bridgehead atoms. The van der Waals surface area contributed by atoms with Gasteiger partial charge in [-0.3, -0.25) is 0 Å². The second kappa shape index (κ2) is 6.23. The highest BCUT2D eigenvalue weighted by Crippen LogP contribution is 2.26. The summed E-state index contributed by atoms with van der Waals surface area (Å²) in [6, 6.07) is 19.3. The second-order valence-electron chi connectivity index (χ2n) is 6.29. The van der Waals surface area contributed by atoms with Crippen molar-refractivity contribution in [3.63, 3.8) is 0 Å². The van der Waals surface area contributed by atoms with E-state index in [9.17, 15) is 0 Å². The minimum absolute atomic E-state index is 0.117. The molecule has 20 heavy (non-hydrogen) atoms. The van der Waals surface area contributed by atoms with Crippen molar-refractivity contribution in [3.8, 4) is 0 Å². The van der Waals surface area contributed by atoms with Crippen LogP contribution in [-0.2, 0) is 16.6 Å². The summed E-state index contributed by atoms with van der Waals surface area (Å²) in [7, 11) is 1.78. The van der Waals surface area contributed by atoms with Crippen LogP contribution in [0.3, 0.4) is 0 Å². The Bertz CT molecular complexity index is 520. The van der Waals surface area contributed by atoms with Crippen molar-refractivity contribution in [2.24, 2.45) is 0 Å². The summed E-state index contributed by atoms with van der Waals surface area (Å²) in [4.78, 5) is 0. The minimum Gasteiger partial charge on any atom is -0.376 e. The van der Waals surface area contributed by atoms with Crippen LogP contribution in [0.25, 0.3) is 0 Å². The highest BCUT2D eigenvalue weighted by Gasteiger charge is 2.15.